The first kappa shape index (κ1) is 13.5. The number of nitrogens with one attached hydrogen (secondary N) is 1. The van der Waals surface area contributed by atoms with Crippen LogP contribution >= 0.6 is 27.3 Å². The van der Waals surface area contributed by atoms with E-state index in [9.17, 15) is 0 Å². The smallest absolute Gasteiger partial charge is 0.0701 e. The molecule has 0 aromatic carbocycles. The average Bonchev–Trinajstić information content (AvgIpc) is 2.95. The molecule has 1 N–H and O–H groups in total. The van der Waals surface area contributed by atoms with Crippen LogP contribution in [0.4, 0.5) is 0 Å². The molecule has 0 saturated carbocycles. The molecule has 0 amide bonds. The minimum absolute atomic E-state index is 0.487. The molecule has 0 bridgehead atoms. The summed E-state index contributed by atoms with van der Waals surface area (Å²) in [5.74, 6) is 0. The van der Waals surface area contributed by atoms with Crippen LogP contribution in [0.3, 0.4) is 0 Å². The van der Waals surface area contributed by atoms with E-state index in [1.807, 2.05) is 11.3 Å². The van der Waals surface area contributed by atoms with Crippen LogP contribution in [-0.4, -0.2) is 19.3 Å². The van der Waals surface area contributed by atoms with Gasteiger partial charge in [0.05, 0.1) is 9.89 Å². The third-order valence-corrected chi connectivity index (χ3v) is 4.93. The summed E-state index contributed by atoms with van der Waals surface area (Å²) in [7, 11) is 0. The molecule has 4 heteroatoms. The van der Waals surface area contributed by atoms with Gasteiger partial charge in [-0.3, -0.25) is 0 Å². The van der Waals surface area contributed by atoms with E-state index in [1.54, 1.807) is 0 Å². The minimum atomic E-state index is 0.487. The number of hydrogen-bond acceptors (Lipinski definition) is 3. The lowest BCUT2D eigenvalue weighted by Gasteiger charge is -2.18. The Hall–Kier alpha value is 0.1000. The molecule has 2 rings (SSSR count). The van der Waals surface area contributed by atoms with Crippen LogP contribution in [0, 0.1) is 0 Å². The first-order valence-electron chi connectivity index (χ1n) is 6.40. The van der Waals surface area contributed by atoms with Gasteiger partial charge in [0.2, 0.25) is 0 Å². The molecule has 0 spiro atoms. The Morgan fingerprint density at radius 2 is 2.47 bits per heavy atom. The van der Waals surface area contributed by atoms with Crippen molar-refractivity contribution in [2.24, 2.45) is 0 Å². The largest absolute Gasteiger partial charge is 0.378 e. The quantitative estimate of drug-likeness (QED) is 0.852. The Morgan fingerprint density at radius 1 is 1.59 bits per heavy atom. The van der Waals surface area contributed by atoms with Crippen LogP contribution in [-0.2, 0) is 4.74 Å². The van der Waals surface area contributed by atoms with Crippen molar-refractivity contribution in [3.05, 3.63) is 20.8 Å². The number of hydrogen-bond donors (Lipinski definition) is 1. The van der Waals surface area contributed by atoms with E-state index in [1.165, 1.54) is 34.3 Å². The van der Waals surface area contributed by atoms with Gasteiger partial charge in [-0.2, -0.15) is 0 Å². The summed E-state index contributed by atoms with van der Waals surface area (Å²) in [6.07, 6.45) is 5.33. The van der Waals surface area contributed by atoms with E-state index in [0.717, 1.165) is 13.2 Å². The van der Waals surface area contributed by atoms with Crippen molar-refractivity contribution in [3.8, 4) is 0 Å². The van der Waals surface area contributed by atoms with Crippen LogP contribution in [0.15, 0.2) is 15.9 Å². The molecule has 17 heavy (non-hydrogen) atoms. The lowest BCUT2D eigenvalue weighted by Crippen LogP contribution is -2.21. The topological polar surface area (TPSA) is 21.3 Å². The maximum absolute atomic E-state index is 5.69. The highest BCUT2D eigenvalue weighted by molar-refractivity contribution is 9.11. The van der Waals surface area contributed by atoms with E-state index >= 15 is 0 Å². The van der Waals surface area contributed by atoms with Gasteiger partial charge < -0.3 is 10.1 Å². The van der Waals surface area contributed by atoms with E-state index in [2.05, 4.69) is 40.3 Å². The maximum Gasteiger partial charge on any atom is 0.0701 e. The Kier molecular flexibility index (Phi) is 5.48. The maximum atomic E-state index is 5.69. The molecule has 1 fully saturated rings. The third kappa shape index (κ3) is 4.05. The SMILES string of the molecule is CCNC(CCC1CCCO1)c1ccc(Br)s1. The molecule has 2 unspecified atom stereocenters. The molecule has 0 radical (unpaired) electrons. The lowest BCUT2D eigenvalue weighted by molar-refractivity contribution is 0.0997. The lowest BCUT2D eigenvalue weighted by atomic mass is 10.0. The van der Waals surface area contributed by atoms with Gasteiger partial charge in [-0.05, 0) is 60.3 Å². The average molecular weight is 318 g/mol. The molecule has 0 aliphatic carbocycles. The van der Waals surface area contributed by atoms with Crippen LogP contribution in [0.2, 0.25) is 0 Å². The molecule has 96 valence electrons. The van der Waals surface area contributed by atoms with Crippen LogP contribution in [0.25, 0.3) is 0 Å². The van der Waals surface area contributed by atoms with Crippen molar-refractivity contribution in [1.29, 1.82) is 0 Å². The van der Waals surface area contributed by atoms with Gasteiger partial charge in [-0.15, -0.1) is 11.3 Å². The van der Waals surface area contributed by atoms with Gasteiger partial charge in [-0.1, -0.05) is 6.92 Å². The Labute approximate surface area is 116 Å². The summed E-state index contributed by atoms with van der Waals surface area (Å²) >= 11 is 5.37. The fourth-order valence-electron chi connectivity index (χ4n) is 2.33. The second-order valence-electron chi connectivity index (χ2n) is 4.46. The molecule has 1 saturated heterocycles. The van der Waals surface area contributed by atoms with Gasteiger partial charge >= 0.3 is 0 Å². The van der Waals surface area contributed by atoms with Crippen LogP contribution in [0.5, 0.6) is 0 Å². The van der Waals surface area contributed by atoms with E-state index in [0.29, 0.717) is 12.1 Å². The molecular formula is C13H20BrNOS. The van der Waals surface area contributed by atoms with Crippen LogP contribution in [0.1, 0.15) is 43.5 Å². The molecule has 1 aliphatic rings. The summed E-state index contributed by atoms with van der Waals surface area (Å²) in [6, 6.07) is 4.84. The van der Waals surface area contributed by atoms with Crippen molar-refractivity contribution < 1.29 is 4.74 Å². The van der Waals surface area contributed by atoms with E-state index in [-0.39, 0.29) is 0 Å². The Balaban J connectivity index is 1.87. The second kappa shape index (κ2) is 6.88. The van der Waals surface area contributed by atoms with E-state index in [4.69, 9.17) is 4.74 Å². The number of rotatable bonds is 6. The molecule has 1 aromatic heterocycles. The third-order valence-electron chi connectivity index (χ3n) is 3.19. The fourth-order valence-corrected chi connectivity index (χ4v) is 3.87. The van der Waals surface area contributed by atoms with E-state index < -0.39 is 0 Å². The second-order valence-corrected chi connectivity index (χ2v) is 6.96. The summed E-state index contributed by atoms with van der Waals surface area (Å²) < 4.78 is 6.90. The van der Waals surface area contributed by atoms with Gasteiger partial charge in [0.25, 0.3) is 0 Å². The van der Waals surface area contributed by atoms with Gasteiger partial charge in [0.15, 0.2) is 0 Å². The Bertz CT molecular complexity index is 336. The first-order chi connectivity index (χ1) is 8.29. The van der Waals surface area contributed by atoms with Gasteiger partial charge in [0.1, 0.15) is 0 Å². The standard InChI is InChI=1S/C13H20BrNOS/c1-2-15-11(12-7-8-13(14)17-12)6-5-10-4-3-9-16-10/h7-8,10-11,15H,2-6,9H2,1H3. The fraction of sp³-hybridized carbons (Fsp3) is 0.692. The monoisotopic (exact) mass is 317 g/mol. The number of ether oxygens (including phenoxy) is 1. The van der Waals surface area contributed by atoms with Crippen LogP contribution < -0.4 is 5.32 Å². The van der Waals surface area contributed by atoms with Crippen molar-refractivity contribution in [2.75, 3.05) is 13.2 Å². The summed E-state index contributed by atoms with van der Waals surface area (Å²) in [4.78, 5) is 1.43. The zero-order chi connectivity index (χ0) is 12.1. The predicted molar refractivity (Wildman–Crippen MR) is 76.6 cm³/mol. The molecule has 1 aromatic rings. The highest BCUT2D eigenvalue weighted by atomic mass is 79.9. The molecular weight excluding hydrogens is 298 g/mol. The molecule has 2 heterocycles. The summed E-state index contributed by atoms with van der Waals surface area (Å²) in [5.41, 5.74) is 0. The van der Waals surface area contributed by atoms with Crippen molar-refractivity contribution in [2.45, 2.75) is 44.8 Å². The number of halogens is 1. The summed E-state index contributed by atoms with van der Waals surface area (Å²) in [6.45, 7) is 4.15. The van der Waals surface area contributed by atoms with Crippen molar-refractivity contribution in [3.63, 3.8) is 0 Å². The normalized spacial score (nSPS) is 21.9. The van der Waals surface area contributed by atoms with Gasteiger partial charge in [0, 0.05) is 17.5 Å². The molecule has 2 atom stereocenters. The van der Waals surface area contributed by atoms with Crippen molar-refractivity contribution >= 4 is 27.3 Å². The minimum Gasteiger partial charge on any atom is -0.378 e. The number of thiophene rings is 1. The van der Waals surface area contributed by atoms with Crippen molar-refractivity contribution in [1.82, 2.24) is 5.32 Å². The van der Waals surface area contributed by atoms with Gasteiger partial charge in [-0.25, -0.2) is 0 Å². The highest BCUT2D eigenvalue weighted by Gasteiger charge is 2.19. The first-order valence-corrected chi connectivity index (χ1v) is 8.00. The molecule has 2 nitrogen and oxygen atoms in total. The zero-order valence-corrected chi connectivity index (χ0v) is 12.6. The molecule has 1 aliphatic heterocycles. The highest BCUT2D eigenvalue weighted by Crippen LogP contribution is 2.31. The zero-order valence-electron chi connectivity index (χ0n) is 10.2. The Morgan fingerprint density at radius 3 is 3.06 bits per heavy atom. The predicted octanol–water partition coefficient (Wildman–Crippen LogP) is 4.12. The summed E-state index contributed by atoms with van der Waals surface area (Å²) in [5, 5.41) is 3.57.